The molecule has 1 fully saturated rings. The zero-order chi connectivity index (χ0) is 21.8. The summed E-state index contributed by atoms with van der Waals surface area (Å²) < 4.78 is 41.2. The van der Waals surface area contributed by atoms with Gasteiger partial charge >= 0.3 is 6.18 Å². The number of alkyl halides is 3. The van der Waals surface area contributed by atoms with E-state index in [2.05, 4.69) is 20.4 Å². The highest BCUT2D eigenvalue weighted by Crippen LogP contribution is 2.49. The van der Waals surface area contributed by atoms with Gasteiger partial charge in [-0.15, -0.1) is 0 Å². The molecule has 2 aromatic heterocycles. The average Bonchev–Trinajstić information content (AvgIpc) is 3.17. The molecule has 1 unspecified atom stereocenters. The number of anilines is 2. The molecule has 0 bridgehead atoms. The Bertz CT molecular complexity index is 1150. The van der Waals surface area contributed by atoms with E-state index < -0.39 is 24.1 Å². The van der Waals surface area contributed by atoms with Gasteiger partial charge in [-0.1, -0.05) is 18.2 Å². The van der Waals surface area contributed by atoms with Crippen molar-refractivity contribution in [2.45, 2.75) is 37.0 Å². The lowest BCUT2D eigenvalue weighted by molar-refractivity contribution is -0.267. The first-order valence-electron chi connectivity index (χ1n) is 10.0. The number of rotatable bonds is 2. The Hall–Kier alpha value is -3.14. The molecule has 0 radical (unpaired) electrons. The molecular weight excluding hydrogens is 411 g/mol. The predicted molar refractivity (Wildman–Crippen MR) is 108 cm³/mol. The molecule has 0 aliphatic carbocycles. The van der Waals surface area contributed by atoms with E-state index in [4.69, 9.17) is 4.98 Å². The third-order valence-corrected chi connectivity index (χ3v) is 6.16. The molecule has 31 heavy (non-hydrogen) atoms. The van der Waals surface area contributed by atoms with E-state index in [1.54, 1.807) is 0 Å². The summed E-state index contributed by atoms with van der Waals surface area (Å²) >= 11 is 0. The predicted octanol–water partition coefficient (Wildman–Crippen LogP) is 3.43. The largest absolute Gasteiger partial charge is 0.422 e. The molecule has 1 saturated heterocycles. The fourth-order valence-electron chi connectivity index (χ4n) is 4.53. The molecule has 2 aliphatic rings. The van der Waals surface area contributed by atoms with Crippen LogP contribution in [-0.4, -0.2) is 45.5 Å². The molecule has 0 spiro atoms. The van der Waals surface area contributed by atoms with Crippen LogP contribution in [-0.2, 0) is 10.4 Å². The van der Waals surface area contributed by atoms with Crippen LogP contribution in [0.2, 0.25) is 0 Å². The van der Waals surface area contributed by atoms with Crippen molar-refractivity contribution >= 4 is 28.4 Å². The molecule has 4 heterocycles. The number of nitrogens with zero attached hydrogens (tertiary/aromatic N) is 3. The third kappa shape index (κ3) is 3.21. The van der Waals surface area contributed by atoms with Crippen LogP contribution in [0.5, 0.6) is 0 Å². The fraction of sp³-hybridized carbons (Fsp3) is 0.381. The molecule has 5 rings (SSSR count). The number of aromatic nitrogens is 3. The molecule has 0 saturated carbocycles. The average molecular weight is 431 g/mol. The van der Waals surface area contributed by atoms with Crippen molar-refractivity contribution in [2.24, 2.45) is 0 Å². The van der Waals surface area contributed by atoms with Crippen molar-refractivity contribution in [1.82, 2.24) is 15.2 Å². The van der Waals surface area contributed by atoms with Crippen molar-refractivity contribution in [3.05, 3.63) is 47.7 Å². The Morgan fingerprint density at radius 3 is 2.61 bits per heavy atom. The van der Waals surface area contributed by atoms with Gasteiger partial charge in [-0.05, 0) is 31.0 Å². The fourth-order valence-corrected chi connectivity index (χ4v) is 4.53. The summed E-state index contributed by atoms with van der Waals surface area (Å²) in [6, 6.07) is 11.7. The first-order valence-corrected chi connectivity index (χ1v) is 10.0. The van der Waals surface area contributed by atoms with Crippen molar-refractivity contribution in [3.8, 4) is 0 Å². The zero-order valence-corrected chi connectivity index (χ0v) is 16.4. The van der Waals surface area contributed by atoms with Crippen LogP contribution in [0.25, 0.3) is 10.9 Å². The lowest BCUT2D eigenvalue weighted by Crippen LogP contribution is -2.48. The van der Waals surface area contributed by atoms with Crippen molar-refractivity contribution in [1.29, 1.82) is 0 Å². The molecule has 162 valence electrons. The third-order valence-electron chi connectivity index (χ3n) is 6.16. The number of aromatic amines is 1. The van der Waals surface area contributed by atoms with Crippen molar-refractivity contribution in [3.63, 3.8) is 0 Å². The van der Waals surface area contributed by atoms with E-state index >= 15 is 0 Å². The van der Waals surface area contributed by atoms with Crippen LogP contribution in [0.1, 0.15) is 36.4 Å². The normalized spacial score (nSPS) is 22.5. The highest BCUT2D eigenvalue weighted by molar-refractivity contribution is 5.94. The van der Waals surface area contributed by atoms with Crippen molar-refractivity contribution in [2.75, 3.05) is 23.3 Å². The van der Waals surface area contributed by atoms with Crippen LogP contribution >= 0.6 is 0 Å². The number of benzene rings is 1. The van der Waals surface area contributed by atoms with E-state index in [1.807, 2.05) is 36.4 Å². The highest BCUT2D eigenvalue weighted by Gasteiger charge is 2.61. The van der Waals surface area contributed by atoms with Crippen LogP contribution in [0, 0.1) is 0 Å². The van der Waals surface area contributed by atoms with E-state index in [0.717, 1.165) is 16.7 Å². The van der Waals surface area contributed by atoms with E-state index in [1.165, 1.54) is 0 Å². The van der Waals surface area contributed by atoms with Gasteiger partial charge in [0, 0.05) is 30.1 Å². The van der Waals surface area contributed by atoms with Gasteiger partial charge in [-0.3, -0.25) is 9.89 Å². The number of hydrogen-bond acceptors (Lipinski definition) is 5. The Morgan fingerprint density at radius 2 is 1.87 bits per heavy atom. The quantitative estimate of drug-likeness (QED) is 0.578. The molecule has 1 amide bonds. The summed E-state index contributed by atoms with van der Waals surface area (Å²) in [4.78, 5) is 18.5. The number of aliphatic hydroxyl groups is 1. The maximum absolute atomic E-state index is 13.7. The number of H-pyrrole nitrogens is 1. The Morgan fingerprint density at radius 1 is 1.13 bits per heavy atom. The lowest BCUT2D eigenvalue weighted by atomic mass is 9.81. The molecule has 7 nitrogen and oxygen atoms in total. The number of para-hydroxylation sites is 1. The number of carbonyl (C=O) groups is 1. The summed E-state index contributed by atoms with van der Waals surface area (Å²) in [7, 11) is 0. The lowest BCUT2D eigenvalue weighted by Gasteiger charge is -2.37. The molecular formula is C21H20F3N5O2. The highest BCUT2D eigenvalue weighted by atomic mass is 19.4. The summed E-state index contributed by atoms with van der Waals surface area (Å²) in [6.07, 6.45) is -4.94. The molecule has 1 aromatic carbocycles. The van der Waals surface area contributed by atoms with Crippen molar-refractivity contribution < 1.29 is 23.1 Å². The number of pyridine rings is 1. The van der Waals surface area contributed by atoms with Gasteiger partial charge in [0.05, 0.1) is 17.5 Å². The summed E-state index contributed by atoms with van der Waals surface area (Å²) in [5.74, 6) is -0.591. The maximum Gasteiger partial charge on any atom is 0.422 e. The van der Waals surface area contributed by atoms with Crippen LogP contribution < -0.4 is 10.2 Å². The molecule has 1 atom stereocenters. The maximum atomic E-state index is 13.7. The number of amides is 1. The number of carbonyl (C=O) groups excluding carboxylic acids is 1. The standard InChI is InChI=1S/C21H20F3N5O2/c22-21(23,24)20(31)11-16(30)26-19-17(20)18(27-28-19)13-7-9-29(10-8-13)15-6-5-12-3-1-2-4-14(12)25-15/h1-6,13,31H,7-11H2,(H2,26,27,28,30). The SMILES string of the molecule is O=C1CC(O)(C(F)(F)F)c2c(n[nH]c2C2CCN(c3ccc4ccccc4n3)CC2)N1. The van der Waals surface area contributed by atoms with Gasteiger partial charge in [0.2, 0.25) is 5.91 Å². The van der Waals surface area contributed by atoms with Crippen LogP contribution in [0.4, 0.5) is 24.8 Å². The second-order valence-electron chi connectivity index (χ2n) is 8.07. The minimum Gasteiger partial charge on any atom is -0.376 e. The number of hydrogen-bond donors (Lipinski definition) is 3. The second kappa shape index (κ2) is 6.94. The monoisotopic (exact) mass is 431 g/mol. The summed E-state index contributed by atoms with van der Waals surface area (Å²) in [6.45, 7) is 1.20. The number of nitrogens with one attached hydrogen (secondary N) is 2. The minimum absolute atomic E-state index is 0.237. The van der Waals surface area contributed by atoms with Gasteiger partial charge in [-0.2, -0.15) is 18.3 Å². The van der Waals surface area contributed by atoms with E-state index in [-0.39, 0.29) is 23.0 Å². The summed E-state index contributed by atoms with van der Waals surface area (Å²) in [5, 5.41) is 20.4. The molecule has 3 aromatic rings. The van der Waals surface area contributed by atoms with Crippen LogP contribution in [0.3, 0.4) is 0 Å². The number of halogens is 3. The van der Waals surface area contributed by atoms with Gasteiger partial charge in [0.25, 0.3) is 0 Å². The van der Waals surface area contributed by atoms with Gasteiger partial charge in [0.1, 0.15) is 5.82 Å². The van der Waals surface area contributed by atoms with Gasteiger partial charge in [-0.25, -0.2) is 4.98 Å². The molecule has 3 N–H and O–H groups in total. The zero-order valence-electron chi connectivity index (χ0n) is 16.4. The minimum atomic E-state index is -4.99. The van der Waals surface area contributed by atoms with E-state index in [0.29, 0.717) is 25.9 Å². The topological polar surface area (TPSA) is 94.1 Å². The Labute approximate surface area is 175 Å². The number of fused-ring (bicyclic) bond motifs is 2. The smallest absolute Gasteiger partial charge is 0.376 e. The van der Waals surface area contributed by atoms with E-state index in [9.17, 15) is 23.1 Å². The Balaban J connectivity index is 1.40. The van der Waals surface area contributed by atoms with Crippen LogP contribution in [0.15, 0.2) is 36.4 Å². The summed E-state index contributed by atoms with van der Waals surface area (Å²) in [5.41, 5.74) is -2.48. The number of piperidine rings is 1. The Kier molecular flexibility index (Phi) is 4.44. The van der Waals surface area contributed by atoms with Gasteiger partial charge in [0.15, 0.2) is 11.4 Å². The molecule has 2 aliphatic heterocycles. The first-order chi connectivity index (χ1) is 14.8. The molecule has 10 heteroatoms. The second-order valence-corrected chi connectivity index (χ2v) is 8.07. The van der Waals surface area contributed by atoms with Gasteiger partial charge < -0.3 is 15.3 Å². The first kappa shape index (κ1) is 19.8.